The van der Waals surface area contributed by atoms with Crippen LogP contribution in [0.1, 0.15) is 53.9 Å². The van der Waals surface area contributed by atoms with Crippen LogP contribution in [-0.2, 0) is 16.1 Å². The molecule has 0 aromatic carbocycles. The summed E-state index contributed by atoms with van der Waals surface area (Å²) in [5.74, 6) is 0.323. The summed E-state index contributed by atoms with van der Waals surface area (Å²) in [4.78, 5) is 61.7. The molecule has 4 aromatic heterocycles. The van der Waals surface area contributed by atoms with E-state index in [4.69, 9.17) is 4.98 Å². The fourth-order valence-electron chi connectivity index (χ4n) is 5.20. The van der Waals surface area contributed by atoms with E-state index in [1.54, 1.807) is 13.0 Å². The van der Waals surface area contributed by atoms with Crippen LogP contribution in [0.2, 0.25) is 0 Å². The van der Waals surface area contributed by atoms with Gasteiger partial charge in [-0.3, -0.25) is 19.4 Å². The molecule has 2 saturated carbocycles. The molecule has 1 saturated heterocycles. The van der Waals surface area contributed by atoms with Crippen LogP contribution in [0.15, 0.2) is 37.1 Å². The molecule has 2 atom stereocenters. The lowest BCUT2D eigenvalue weighted by Gasteiger charge is -2.17. The Morgan fingerprint density at radius 2 is 1.90 bits per heavy atom. The van der Waals surface area contributed by atoms with Gasteiger partial charge >= 0.3 is 6.03 Å². The quantitative estimate of drug-likeness (QED) is 0.305. The largest absolute Gasteiger partial charge is 0.364 e. The number of urea groups is 1. The first-order valence-electron chi connectivity index (χ1n) is 13.7. The number of imide groups is 1. The Balaban J connectivity index is 1.04. The minimum Gasteiger partial charge on any atom is -0.364 e. The number of likely N-dealkylation sites (N-methyl/N-ethyl adjacent to an activating group) is 1. The lowest BCUT2D eigenvalue weighted by molar-refractivity contribution is -0.124. The summed E-state index contributed by atoms with van der Waals surface area (Å²) in [7, 11) is 1.48. The van der Waals surface area contributed by atoms with Gasteiger partial charge in [0.25, 0.3) is 0 Å². The molecule has 1 aliphatic heterocycles. The zero-order valence-corrected chi connectivity index (χ0v) is 22.9. The number of rotatable bonds is 8. The second kappa shape index (κ2) is 9.82. The number of carbonyl (C=O) groups is 3. The fourth-order valence-corrected chi connectivity index (χ4v) is 5.20. The second-order valence-corrected chi connectivity index (χ2v) is 11.0. The first kappa shape index (κ1) is 25.9. The van der Waals surface area contributed by atoms with Crippen molar-refractivity contribution in [2.75, 3.05) is 29.1 Å². The normalized spacial score (nSPS) is 20.0. The predicted molar refractivity (Wildman–Crippen MR) is 148 cm³/mol. The number of nitrogens with zero attached hydrogens (tertiary/aromatic N) is 8. The average molecular weight is 571 g/mol. The van der Waals surface area contributed by atoms with Gasteiger partial charge in [0.2, 0.25) is 11.8 Å². The highest BCUT2D eigenvalue weighted by Gasteiger charge is 2.46. The second-order valence-electron chi connectivity index (χ2n) is 11.0. The summed E-state index contributed by atoms with van der Waals surface area (Å²) in [5.41, 5.74) is 3.27. The van der Waals surface area contributed by atoms with Crippen molar-refractivity contribution < 1.29 is 18.8 Å². The number of aryl methyl sites for hydroxylation is 1. The summed E-state index contributed by atoms with van der Waals surface area (Å²) in [6, 6.07) is 3.23. The first-order chi connectivity index (χ1) is 20.2. The number of hydrogen-bond donors (Lipinski definition) is 2. The Labute approximate surface area is 239 Å². The Morgan fingerprint density at radius 3 is 2.64 bits per heavy atom. The molecule has 14 heteroatoms. The Morgan fingerprint density at radius 1 is 1.10 bits per heavy atom. The third-order valence-corrected chi connectivity index (χ3v) is 7.89. The number of hydrogen-bond acceptors (Lipinski definition) is 9. The number of carbonyl (C=O) groups excluding carboxylic acids is 3. The van der Waals surface area contributed by atoms with Crippen molar-refractivity contribution in [1.82, 2.24) is 34.2 Å². The third kappa shape index (κ3) is 4.78. The summed E-state index contributed by atoms with van der Waals surface area (Å²) in [5, 5.41) is 6.03. The summed E-state index contributed by atoms with van der Waals surface area (Å²) in [6.45, 7) is 1.87. The molecular formula is C28H27FN10O3. The molecule has 42 heavy (non-hydrogen) atoms. The van der Waals surface area contributed by atoms with Crippen molar-refractivity contribution in [2.45, 2.75) is 44.6 Å². The van der Waals surface area contributed by atoms with E-state index in [1.807, 2.05) is 22.9 Å². The summed E-state index contributed by atoms with van der Waals surface area (Å²) < 4.78 is 15.4. The van der Waals surface area contributed by atoms with Gasteiger partial charge in [0.1, 0.15) is 30.3 Å². The van der Waals surface area contributed by atoms with Gasteiger partial charge in [-0.1, -0.05) is 0 Å². The molecule has 4 amide bonds. The van der Waals surface area contributed by atoms with Crippen molar-refractivity contribution in [3.63, 3.8) is 0 Å². The lowest BCUT2D eigenvalue weighted by atomic mass is 10.1. The molecule has 2 N–H and O–H groups in total. The van der Waals surface area contributed by atoms with Crippen LogP contribution in [0.4, 0.5) is 26.5 Å². The van der Waals surface area contributed by atoms with Crippen LogP contribution >= 0.6 is 0 Å². The van der Waals surface area contributed by atoms with E-state index < -0.39 is 5.82 Å². The number of amides is 4. The molecule has 2 unspecified atom stereocenters. The summed E-state index contributed by atoms with van der Waals surface area (Å²) >= 11 is 0. The molecule has 0 radical (unpaired) electrons. The highest BCUT2D eigenvalue weighted by atomic mass is 19.1. The fraction of sp³-hybridized carbons (Fsp3) is 0.357. The zero-order chi connectivity index (χ0) is 29.1. The van der Waals surface area contributed by atoms with Gasteiger partial charge in [-0.2, -0.15) is 0 Å². The number of fused-ring (bicyclic) bond motifs is 1. The maximum atomic E-state index is 13.5. The Kier molecular flexibility index (Phi) is 6.06. The molecule has 13 nitrogen and oxygen atoms in total. The van der Waals surface area contributed by atoms with E-state index in [9.17, 15) is 18.8 Å². The number of imidazole rings is 1. The van der Waals surface area contributed by atoms with Crippen LogP contribution in [0.25, 0.3) is 5.65 Å². The SMILES string of the molecule is Cc1nc(C2CC2C(=O)Nc2cc(NCc3cn4cc(C5CC5)cc(N5CC(=O)N(C)C5=O)c4n3)ncn2)ncc1F. The summed E-state index contributed by atoms with van der Waals surface area (Å²) in [6.07, 6.45) is 9.17. The highest BCUT2D eigenvalue weighted by molar-refractivity contribution is 6.13. The number of nitrogens with one attached hydrogen (secondary N) is 2. The van der Waals surface area contributed by atoms with Crippen LogP contribution in [0.3, 0.4) is 0 Å². The van der Waals surface area contributed by atoms with Crippen molar-refractivity contribution in [2.24, 2.45) is 5.92 Å². The predicted octanol–water partition coefficient (Wildman–Crippen LogP) is 2.99. The smallest absolute Gasteiger partial charge is 0.331 e. The van der Waals surface area contributed by atoms with E-state index in [0.717, 1.165) is 29.5 Å². The van der Waals surface area contributed by atoms with Gasteiger partial charge in [-0.15, -0.1) is 0 Å². The van der Waals surface area contributed by atoms with Crippen LogP contribution in [0.5, 0.6) is 0 Å². The maximum Gasteiger partial charge on any atom is 0.331 e. The number of anilines is 3. The van der Waals surface area contributed by atoms with Gasteiger partial charge in [-0.05, 0) is 43.7 Å². The minimum atomic E-state index is -0.473. The monoisotopic (exact) mass is 570 g/mol. The van der Waals surface area contributed by atoms with Crippen molar-refractivity contribution >= 4 is 40.8 Å². The van der Waals surface area contributed by atoms with Crippen molar-refractivity contribution in [1.29, 1.82) is 0 Å². The molecule has 5 heterocycles. The first-order valence-corrected chi connectivity index (χ1v) is 13.7. The van der Waals surface area contributed by atoms with Crippen LogP contribution in [-0.4, -0.2) is 65.7 Å². The third-order valence-electron chi connectivity index (χ3n) is 7.89. The molecule has 0 bridgehead atoms. The zero-order valence-electron chi connectivity index (χ0n) is 22.9. The number of pyridine rings is 1. The Bertz CT molecular complexity index is 1770. The van der Waals surface area contributed by atoms with Crippen molar-refractivity contribution in [3.8, 4) is 0 Å². The maximum absolute atomic E-state index is 13.5. The molecular weight excluding hydrogens is 543 g/mol. The minimum absolute atomic E-state index is 0.0207. The number of aromatic nitrogens is 6. The van der Waals surface area contributed by atoms with Crippen molar-refractivity contribution in [3.05, 3.63) is 65.6 Å². The molecule has 214 valence electrons. The Hall–Kier alpha value is -5.01. The van der Waals surface area contributed by atoms with Crippen LogP contribution in [0, 0.1) is 18.7 Å². The van der Waals surface area contributed by atoms with Gasteiger partial charge < -0.3 is 15.0 Å². The van der Waals surface area contributed by atoms with Gasteiger partial charge in [0.05, 0.1) is 29.8 Å². The molecule has 3 aliphatic rings. The molecule has 0 spiro atoms. The van der Waals surface area contributed by atoms with E-state index in [-0.39, 0.29) is 41.9 Å². The molecule has 2 aliphatic carbocycles. The molecule has 3 fully saturated rings. The van der Waals surface area contributed by atoms with Gasteiger partial charge in [0, 0.05) is 37.3 Å². The molecule has 4 aromatic rings. The van der Waals surface area contributed by atoms with E-state index in [0.29, 0.717) is 53.4 Å². The van der Waals surface area contributed by atoms with Gasteiger partial charge in [-0.25, -0.2) is 34.1 Å². The van der Waals surface area contributed by atoms with E-state index in [2.05, 4.69) is 30.6 Å². The lowest BCUT2D eigenvalue weighted by Crippen LogP contribution is -2.30. The molecule has 7 rings (SSSR count). The van der Waals surface area contributed by atoms with E-state index >= 15 is 0 Å². The number of halogens is 1. The van der Waals surface area contributed by atoms with Gasteiger partial charge in [0.15, 0.2) is 11.5 Å². The standard InChI is InChI=1S/C28H27FN10O3/c1-14-20(29)9-31-25(34-14)18-6-19(18)27(41)36-23-7-22(32-13-33-23)30-8-17-11-38-10-16(15-3-4-15)5-21(26(38)35-17)39-12-24(40)37(2)28(39)42/h5,7,9-11,13,15,18-19H,3-4,6,8,12H2,1-2H3,(H2,30,32,33,36,41). The highest BCUT2D eigenvalue weighted by Crippen LogP contribution is 2.46. The van der Waals surface area contributed by atoms with Crippen LogP contribution < -0.4 is 15.5 Å². The topological polar surface area (TPSA) is 151 Å². The average Bonchev–Trinajstić information content (AvgIpc) is 3.90. The van der Waals surface area contributed by atoms with E-state index in [1.165, 1.54) is 18.3 Å².